The molecule has 1 aliphatic rings. The highest BCUT2D eigenvalue weighted by Gasteiger charge is 2.15. The summed E-state index contributed by atoms with van der Waals surface area (Å²) in [7, 11) is 1.86. The minimum Gasteiger partial charge on any atom is -0.356 e. The summed E-state index contributed by atoms with van der Waals surface area (Å²) < 4.78 is 2.28. The average molecular weight is 366 g/mol. The molecule has 1 amide bonds. The van der Waals surface area contributed by atoms with Gasteiger partial charge >= 0.3 is 0 Å². The van der Waals surface area contributed by atoms with Crippen molar-refractivity contribution < 1.29 is 4.79 Å². The second kappa shape index (κ2) is 11.6. The molecule has 1 aromatic rings. The highest BCUT2D eigenvalue weighted by Crippen LogP contribution is 2.15. The maximum absolute atomic E-state index is 11.8. The lowest BCUT2D eigenvalue weighted by Gasteiger charge is -2.11. The topological polar surface area (TPSA) is 71.8 Å². The van der Waals surface area contributed by atoms with E-state index in [1.165, 1.54) is 19.3 Å². The van der Waals surface area contributed by atoms with Gasteiger partial charge in [0.2, 0.25) is 5.91 Å². The predicted molar refractivity (Wildman–Crippen MR) is 96.5 cm³/mol. The molecule has 2 heterocycles. The zero-order valence-electron chi connectivity index (χ0n) is 14.0. The van der Waals surface area contributed by atoms with Gasteiger partial charge in [-0.25, -0.2) is 0 Å². The molecule has 1 aliphatic heterocycles. The molecule has 23 heavy (non-hydrogen) atoms. The molecule has 1 atom stereocenters. The van der Waals surface area contributed by atoms with E-state index in [0.29, 0.717) is 13.1 Å². The summed E-state index contributed by atoms with van der Waals surface area (Å²) in [6, 6.07) is 0. The number of hydrogen-bond acceptors (Lipinski definition) is 4. The van der Waals surface area contributed by atoms with Crippen LogP contribution >= 0.6 is 24.8 Å². The monoisotopic (exact) mass is 365 g/mol. The number of nitrogens with zero attached hydrogens (tertiary/aromatic N) is 3. The zero-order valence-corrected chi connectivity index (χ0v) is 15.6. The molecule has 2 N–H and O–H groups in total. The smallest absolute Gasteiger partial charge is 0.224 e. The van der Waals surface area contributed by atoms with Crippen LogP contribution in [0.5, 0.6) is 0 Å². The number of amides is 1. The van der Waals surface area contributed by atoms with Crippen LogP contribution in [-0.2, 0) is 24.2 Å². The van der Waals surface area contributed by atoms with Crippen LogP contribution in [0.2, 0.25) is 0 Å². The minimum atomic E-state index is 0. The Hall–Kier alpha value is -0.850. The van der Waals surface area contributed by atoms with Crippen LogP contribution < -0.4 is 10.6 Å². The molecule has 1 aromatic heterocycles. The van der Waals surface area contributed by atoms with Crippen molar-refractivity contribution in [3.05, 3.63) is 11.6 Å². The van der Waals surface area contributed by atoms with Gasteiger partial charge in [-0.05, 0) is 26.3 Å². The van der Waals surface area contributed by atoms with Crippen molar-refractivity contribution in [2.75, 3.05) is 20.1 Å². The summed E-state index contributed by atoms with van der Waals surface area (Å²) in [5.74, 6) is 2.34. The molecular formula is C15H29Cl2N5O. The van der Waals surface area contributed by atoms with Gasteiger partial charge in [0.05, 0.1) is 0 Å². The Morgan fingerprint density at radius 3 is 2.78 bits per heavy atom. The molecule has 0 radical (unpaired) electrons. The molecule has 8 heteroatoms. The van der Waals surface area contributed by atoms with Crippen molar-refractivity contribution in [2.45, 2.75) is 52.0 Å². The summed E-state index contributed by atoms with van der Waals surface area (Å²) in [4.78, 5) is 11.8. The fourth-order valence-electron chi connectivity index (χ4n) is 2.76. The number of carbonyl (C=O) groups excluding carboxylic acids is 1. The quantitative estimate of drug-likeness (QED) is 0.722. The molecule has 0 bridgehead atoms. The van der Waals surface area contributed by atoms with Crippen LogP contribution in [0.1, 0.15) is 44.3 Å². The fourth-order valence-corrected chi connectivity index (χ4v) is 2.76. The van der Waals surface area contributed by atoms with Crippen molar-refractivity contribution in [3.8, 4) is 0 Å². The second-order valence-electron chi connectivity index (χ2n) is 5.85. The van der Waals surface area contributed by atoms with E-state index in [-0.39, 0.29) is 36.6 Å². The number of aromatic nitrogens is 3. The third-order valence-corrected chi connectivity index (χ3v) is 4.02. The fraction of sp³-hybridized carbons (Fsp3) is 0.800. The van der Waals surface area contributed by atoms with Gasteiger partial charge in [0, 0.05) is 38.4 Å². The Balaban J connectivity index is 0.00000242. The summed E-state index contributed by atoms with van der Waals surface area (Å²) in [5, 5.41) is 14.6. The largest absolute Gasteiger partial charge is 0.356 e. The molecule has 6 nitrogen and oxygen atoms in total. The highest BCUT2D eigenvalue weighted by molar-refractivity contribution is 5.85. The van der Waals surface area contributed by atoms with Gasteiger partial charge in [-0.2, -0.15) is 0 Å². The summed E-state index contributed by atoms with van der Waals surface area (Å²) in [5.41, 5.74) is 0. The molecule has 0 spiro atoms. The van der Waals surface area contributed by atoms with Gasteiger partial charge in [-0.3, -0.25) is 4.79 Å². The molecule has 0 aromatic carbocycles. The molecule has 134 valence electrons. The van der Waals surface area contributed by atoms with Crippen molar-refractivity contribution >= 4 is 30.7 Å². The van der Waals surface area contributed by atoms with Crippen LogP contribution in [0, 0.1) is 5.92 Å². The van der Waals surface area contributed by atoms with E-state index >= 15 is 0 Å². The van der Waals surface area contributed by atoms with Crippen LogP contribution in [0.15, 0.2) is 0 Å². The first-order valence-electron chi connectivity index (χ1n) is 8.05. The summed E-state index contributed by atoms with van der Waals surface area (Å²) in [6.07, 6.45) is 6.56. The standard InChI is InChI=1S/C15H27N5O.2ClH/c1-12(11-16-2)15(21)17-9-6-8-14-19-18-13-7-4-3-5-10-20(13)14;;/h12,16H,3-11H2,1-2H3,(H,17,21);2*1H. The Kier molecular flexibility index (Phi) is 11.2. The number of carbonyl (C=O) groups is 1. The van der Waals surface area contributed by atoms with Crippen molar-refractivity contribution in [1.29, 1.82) is 0 Å². The lowest BCUT2D eigenvalue weighted by Crippen LogP contribution is -2.35. The van der Waals surface area contributed by atoms with E-state index in [9.17, 15) is 4.79 Å². The van der Waals surface area contributed by atoms with Crippen molar-refractivity contribution in [3.63, 3.8) is 0 Å². The second-order valence-corrected chi connectivity index (χ2v) is 5.85. The van der Waals surface area contributed by atoms with Crippen LogP contribution in [0.25, 0.3) is 0 Å². The number of rotatable bonds is 7. The first-order chi connectivity index (χ1) is 10.2. The van der Waals surface area contributed by atoms with Crippen LogP contribution in [0.4, 0.5) is 0 Å². The normalized spacial score (nSPS) is 14.7. The van der Waals surface area contributed by atoms with Gasteiger partial charge in [0.15, 0.2) is 0 Å². The number of hydrogen-bond donors (Lipinski definition) is 2. The van der Waals surface area contributed by atoms with E-state index in [1.54, 1.807) is 0 Å². The molecule has 2 rings (SSSR count). The third kappa shape index (κ3) is 6.65. The number of nitrogens with one attached hydrogen (secondary N) is 2. The Labute approximate surface area is 151 Å². The van der Waals surface area contributed by atoms with Gasteiger partial charge in [-0.15, -0.1) is 35.0 Å². The first-order valence-corrected chi connectivity index (χ1v) is 8.05. The Bertz CT molecular complexity index is 467. The molecule has 0 fully saturated rings. The number of halogens is 2. The van der Waals surface area contributed by atoms with Crippen molar-refractivity contribution in [1.82, 2.24) is 25.4 Å². The lowest BCUT2D eigenvalue weighted by atomic mass is 10.1. The third-order valence-electron chi connectivity index (χ3n) is 4.02. The van der Waals surface area contributed by atoms with Gasteiger partial charge in [0.1, 0.15) is 11.6 Å². The van der Waals surface area contributed by atoms with E-state index in [4.69, 9.17) is 0 Å². The Morgan fingerprint density at radius 1 is 1.26 bits per heavy atom. The minimum absolute atomic E-state index is 0. The van der Waals surface area contributed by atoms with Crippen molar-refractivity contribution in [2.24, 2.45) is 5.92 Å². The lowest BCUT2D eigenvalue weighted by molar-refractivity contribution is -0.124. The number of aryl methyl sites for hydroxylation is 2. The molecule has 0 saturated heterocycles. The molecule has 0 saturated carbocycles. The van der Waals surface area contributed by atoms with Gasteiger partial charge in [-0.1, -0.05) is 13.3 Å². The average Bonchev–Trinajstić information content (AvgIpc) is 2.71. The maximum Gasteiger partial charge on any atom is 0.224 e. The molecular weight excluding hydrogens is 337 g/mol. The first kappa shape index (κ1) is 22.1. The van der Waals surface area contributed by atoms with E-state index < -0.39 is 0 Å². The van der Waals surface area contributed by atoms with Crippen LogP contribution in [-0.4, -0.2) is 40.8 Å². The highest BCUT2D eigenvalue weighted by atomic mass is 35.5. The summed E-state index contributed by atoms with van der Waals surface area (Å²) in [6.45, 7) is 4.39. The van der Waals surface area contributed by atoms with Gasteiger partial charge < -0.3 is 15.2 Å². The maximum atomic E-state index is 11.8. The number of fused-ring (bicyclic) bond motifs is 1. The summed E-state index contributed by atoms with van der Waals surface area (Å²) >= 11 is 0. The Morgan fingerprint density at radius 2 is 2.04 bits per heavy atom. The predicted octanol–water partition coefficient (Wildman–Crippen LogP) is 1.75. The van der Waals surface area contributed by atoms with E-state index in [1.807, 2.05) is 14.0 Å². The molecule has 1 unspecified atom stereocenters. The van der Waals surface area contributed by atoms with E-state index in [2.05, 4.69) is 25.4 Å². The molecule has 0 aliphatic carbocycles. The van der Waals surface area contributed by atoms with E-state index in [0.717, 1.165) is 37.5 Å². The zero-order chi connectivity index (χ0) is 15.1. The SMILES string of the molecule is CNCC(C)C(=O)NCCCc1nnc2n1CCCCC2.Cl.Cl. The van der Waals surface area contributed by atoms with Crippen LogP contribution in [0.3, 0.4) is 0 Å². The van der Waals surface area contributed by atoms with Gasteiger partial charge in [0.25, 0.3) is 0 Å².